The highest BCUT2D eigenvalue weighted by Gasteiger charge is 2.19. The van der Waals surface area contributed by atoms with Crippen LogP contribution in [0.2, 0.25) is 0 Å². The van der Waals surface area contributed by atoms with Crippen molar-refractivity contribution in [2.24, 2.45) is 0 Å². The number of hydrogen-bond donors (Lipinski definition) is 0. The number of ether oxygens (including phenoxy) is 5. The largest absolute Gasteiger partial charge is 1.00 e. The number of hydrogen-bond acceptors (Lipinski definition) is 16. The first kappa shape index (κ1) is 36.5. The van der Waals surface area contributed by atoms with Gasteiger partial charge < -0.3 is 53.8 Å². The van der Waals surface area contributed by atoms with Crippen molar-refractivity contribution in [3.05, 3.63) is 68.3 Å². The molecule has 0 radical (unpaired) electrons. The molecule has 17 heteroatoms. The molecule has 0 aromatic carbocycles. The molecule has 0 fully saturated rings. The summed E-state index contributed by atoms with van der Waals surface area (Å²) in [7, 11) is 0. The van der Waals surface area contributed by atoms with Crippen molar-refractivity contribution in [1.82, 2.24) is 0 Å². The molecule has 2 aromatic rings. The maximum absolute atomic E-state index is 11.6. The second-order valence-corrected chi connectivity index (χ2v) is 10.0. The second kappa shape index (κ2) is 18.8. The van der Waals surface area contributed by atoms with Gasteiger partial charge in [0, 0.05) is 17.9 Å². The van der Waals surface area contributed by atoms with Gasteiger partial charge in [-0.3, -0.25) is 4.79 Å². The average molecular weight is 654 g/mol. The molecule has 0 amide bonds. The summed E-state index contributed by atoms with van der Waals surface area (Å²) in [6.45, 7) is 9.97. The lowest BCUT2D eigenvalue weighted by Crippen LogP contribution is -3.00. The molecule has 0 spiro atoms. The van der Waals surface area contributed by atoms with Crippen LogP contribution in [0.15, 0.2) is 51.3 Å². The molecule has 1 aliphatic heterocycles. The summed E-state index contributed by atoms with van der Waals surface area (Å²) in [4.78, 5) is 56.0. The number of thioether (sulfide) groups is 2. The summed E-state index contributed by atoms with van der Waals surface area (Å²) >= 11 is 2.04. The molecule has 3 heterocycles. The summed E-state index contributed by atoms with van der Waals surface area (Å²) in [5, 5.41) is -0.865. The Morgan fingerprint density at radius 1 is 0.762 bits per heavy atom. The van der Waals surface area contributed by atoms with Crippen molar-refractivity contribution in [2.45, 2.75) is 60.2 Å². The third-order valence-corrected chi connectivity index (χ3v) is 6.56. The Bertz CT molecular complexity index is 1280. The van der Waals surface area contributed by atoms with Gasteiger partial charge in [0.1, 0.15) is 5.76 Å². The summed E-state index contributed by atoms with van der Waals surface area (Å²) < 4.78 is 43.6. The van der Waals surface area contributed by atoms with Crippen LogP contribution in [0.25, 0.3) is 0 Å². The van der Waals surface area contributed by atoms with Gasteiger partial charge in [0.15, 0.2) is 48.6 Å². The van der Waals surface area contributed by atoms with Gasteiger partial charge in [0.25, 0.3) is 5.95 Å². The Labute approximate surface area is 254 Å². The first-order valence-corrected chi connectivity index (χ1v) is 14.1. The van der Waals surface area contributed by atoms with Crippen LogP contribution in [0.3, 0.4) is 0 Å². The molecular formula is C25H30ClO14S2-. The molecule has 0 bridgehead atoms. The van der Waals surface area contributed by atoms with E-state index >= 15 is 0 Å². The van der Waals surface area contributed by atoms with Gasteiger partial charge in [-0.1, -0.05) is 6.92 Å². The van der Waals surface area contributed by atoms with E-state index in [0.717, 1.165) is 35.7 Å². The van der Waals surface area contributed by atoms with E-state index in [0.29, 0.717) is 23.7 Å². The summed E-state index contributed by atoms with van der Waals surface area (Å²) in [6.07, 6.45) is 1.40. The number of rotatable bonds is 12. The molecule has 14 nitrogen and oxygen atoms in total. The number of esters is 1. The maximum Gasteiger partial charge on any atom is 0.519 e. The smallest absolute Gasteiger partial charge is 0.519 e. The van der Waals surface area contributed by atoms with Crippen LogP contribution < -0.4 is 24.1 Å². The molecule has 0 atom stereocenters. The van der Waals surface area contributed by atoms with Gasteiger partial charge in [-0.05, 0) is 63.7 Å². The van der Waals surface area contributed by atoms with E-state index in [1.807, 2.05) is 6.92 Å². The van der Waals surface area contributed by atoms with Crippen LogP contribution in [0.4, 0.5) is 9.59 Å². The fourth-order valence-electron chi connectivity index (χ4n) is 2.71. The Hall–Kier alpha value is -3.50. The van der Waals surface area contributed by atoms with Crippen molar-refractivity contribution in [1.29, 1.82) is 0 Å². The Morgan fingerprint density at radius 3 is 1.76 bits per heavy atom. The predicted molar refractivity (Wildman–Crippen MR) is 144 cm³/mol. The van der Waals surface area contributed by atoms with Crippen LogP contribution >= 0.6 is 23.5 Å². The molecule has 2 aromatic heterocycles. The summed E-state index contributed by atoms with van der Waals surface area (Å²) in [5.41, 5.74) is 0. The Balaban J connectivity index is 0.000000471. The first-order chi connectivity index (χ1) is 19.5. The molecule has 0 saturated heterocycles. The topological polar surface area (TPSA) is 184 Å². The molecular weight excluding hydrogens is 624 g/mol. The lowest BCUT2D eigenvalue weighted by molar-refractivity contribution is -0.145. The van der Waals surface area contributed by atoms with E-state index in [9.17, 15) is 24.0 Å². The molecule has 42 heavy (non-hydrogen) atoms. The highest BCUT2D eigenvalue weighted by molar-refractivity contribution is 8.13. The van der Waals surface area contributed by atoms with Gasteiger partial charge in [-0.25, -0.2) is 19.2 Å². The van der Waals surface area contributed by atoms with Crippen LogP contribution in [0.5, 0.6) is 0 Å². The molecule has 3 rings (SSSR count). The van der Waals surface area contributed by atoms with Crippen LogP contribution in [-0.2, 0) is 41.7 Å². The number of aryl methyl sites for hydroxylation is 2. The number of carbonyl (C=O) groups excluding carboxylic acids is 3. The predicted octanol–water partition coefficient (Wildman–Crippen LogP) is 2.31. The highest BCUT2D eigenvalue weighted by atomic mass is 35.5. The van der Waals surface area contributed by atoms with Crippen molar-refractivity contribution >= 4 is 40.1 Å². The minimum atomic E-state index is -0.857. The highest BCUT2D eigenvalue weighted by Crippen LogP contribution is 2.23. The Kier molecular flexibility index (Phi) is 16.4. The fourth-order valence-corrected chi connectivity index (χ4v) is 3.82. The average Bonchev–Trinajstić information content (AvgIpc) is 3.54. The van der Waals surface area contributed by atoms with E-state index in [-0.39, 0.29) is 72.9 Å². The SMILES string of the molecule is C=C1OC(C)=C(COC(=O)SCCC)O1.Cc1oc(=O)oc1COC(=O)CCCSC(=O)OCc1oc(=O)oc1C.[Cl-]. The molecule has 0 N–H and O–H groups in total. The zero-order chi connectivity index (χ0) is 30.4. The fraction of sp³-hybridized carbons (Fsp3) is 0.480. The third-order valence-electron chi connectivity index (χ3n) is 4.74. The van der Waals surface area contributed by atoms with Crippen LogP contribution in [-0.4, -0.2) is 34.7 Å². The minimum Gasteiger partial charge on any atom is -1.00 e. The van der Waals surface area contributed by atoms with Gasteiger partial charge >= 0.3 is 28.2 Å². The second-order valence-electron chi connectivity index (χ2n) is 7.96. The molecule has 0 aliphatic carbocycles. The quantitative estimate of drug-likeness (QED) is 0.184. The summed E-state index contributed by atoms with van der Waals surface area (Å²) in [5.74, 6) is 1.01. The van der Waals surface area contributed by atoms with Gasteiger partial charge in [0.2, 0.25) is 0 Å². The standard InChI is InChI=1S/C15H16O10S.C10H14O4S.ClH/c1-8-10(24-13(17)22-8)6-20-12(16)4-3-5-26-15(19)21-7-11-9(2)23-14(18)25-11;1-4-5-15-10(11)12-6-9-7(2)13-8(3)14-9;/h3-7H2,1-2H3;3-6H2,1-2H3;1H/p-1. The molecule has 234 valence electrons. The van der Waals surface area contributed by atoms with Crippen molar-refractivity contribution in [3.8, 4) is 0 Å². The van der Waals surface area contributed by atoms with Gasteiger partial charge in [0.05, 0.1) is 0 Å². The number of carbonyl (C=O) groups is 3. The monoisotopic (exact) mass is 653 g/mol. The van der Waals surface area contributed by atoms with E-state index in [1.165, 1.54) is 13.8 Å². The number of halogens is 1. The van der Waals surface area contributed by atoms with E-state index in [2.05, 4.69) is 15.4 Å². The van der Waals surface area contributed by atoms with E-state index < -0.39 is 22.9 Å². The molecule has 1 aliphatic rings. The van der Waals surface area contributed by atoms with Gasteiger partial charge in [-0.2, -0.15) is 0 Å². The molecule has 0 saturated carbocycles. The van der Waals surface area contributed by atoms with Crippen LogP contribution in [0.1, 0.15) is 56.2 Å². The maximum atomic E-state index is 11.6. The first-order valence-electron chi connectivity index (χ1n) is 12.2. The van der Waals surface area contributed by atoms with E-state index in [4.69, 9.17) is 32.5 Å². The third kappa shape index (κ3) is 13.4. The van der Waals surface area contributed by atoms with Crippen LogP contribution in [0, 0.1) is 13.8 Å². The normalized spacial score (nSPS) is 12.0. The Morgan fingerprint density at radius 2 is 1.29 bits per heavy atom. The molecule has 0 unspecified atom stereocenters. The zero-order valence-corrected chi connectivity index (χ0v) is 25.7. The van der Waals surface area contributed by atoms with Crippen molar-refractivity contribution in [3.63, 3.8) is 0 Å². The van der Waals surface area contributed by atoms with Crippen molar-refractivity contribution in [2.75, 3.05) is 18.1 Å². The lowest BCUT2D eigenvalue weighted by Gasteiger charge is -2.03. The van der Waals surface area contributed by atoms with Crippen molar-refractivity contribution < 1.29 is 68.1 Å². The lowest BCUT2D eigenvalue weighted by atomic mass is 10.3. The minimum absolute atomic E-state index is 0. The zero-order valence-electron chi connectivity index (χ0n) is 23.3. The van der Waals surface area contributed by atoms with Gasteiger partial charge in [-0.15, -0.1) is 0 Å². The summed E-state index contributed by atoms with van der Waals surface area (Å²) in [6, 6.07) is 0. The number of allylic oxidation sites excluding steroid dienone is 1. The van der Waals surface area contributed by atoms with E-state index in [1.54, 1.807) is 6.92 Å².